The summed E-state index contributed by atoms with van der Waals surface area (Å²) in [5.41, 5.74) is 10.8. The summed E-state index contributed by atoms with van der Waals surface area (Å²) in [4.78, 5) is 4.11. The highest BCUT2D eigenvalue weighted by molar-refractivity contribution is 5.81. The second kappa shape index (κ2) is 4.57. The molecule has 0 saturated heterocycles. The molecule has 0 saturated carbocycles. The molecule has 0 amide bonds. The standard InChI is InChI=1S/C15H13N3O/c1-10-14(9-18-19-10)11-4-5-13(15(16)7-11)12-3-2-6-17-8-12/h2-9H,16H2,1H3. The number of rotatable bonds is 2. The molecular formula is C15H13N3O. The van der Waals surface area contributed by atoms with Gasteiger partial charge in [0.1, 0.15) is 5.76 Å². The van der Waals surface area contributed by atoms with E-state index >= 15 is 0 Å². The lowest BCUT2D eigenvalue weighted by Gasteiger charge is -2.07. The van der Waals surface area contributed by atoms with Crippen LogP contribution < -0.4 is 5.73 Å². The number of benzene rings is 1. The molecule has 0 bridgehead atoms. The smallest absolute Gasteiger partial charge is 0.141 e. The van der Waals surface area contributed by atoms with Crippen molar-refractivity contribution in [3.05, 3.63) is 54.7 Å². The van der Waals surface area contributed by atoms with Gasteiger partial charge in [0.2, 0.25) is 0 Å². The molecule has 2 heterocycles. The third-order valence-corrected chi connectivity index (χ3v) is 3.09. The Morgan fingerprint density at radius 3 is 2.58 bits per heavy atom. The topological polar surface area (TPSA) is 64.9 Å². The Morgan fingerprint density at radius 1 is 1.05 bits per heavy atom. The summed E-state index contributed by atoms with van der Waals surface area (Å²) in [5.74, 6) is 0.786. The normalized spacial score (nSPS) is 10.6. The van der Waals surface area contributed by atoms with E-state index in [0.29, 0.717) is 5.69 Å². The van der Waals surface area contributed by atoms with E-state index in [4.69, 9.17) is 10.3 Å². The third-order valence-electron chi connectivity index (χ3n) is 3.09. The van der Waals surface area contributed by atoms with Crippen molar-refractivity contribution >= 4 is 5.69 Å². The van der Waals surface area contributed by atoms with Crippen molar-refractivity contribution in [2.75, 3.05) is 5.73 Å². The Kier molecular flexibility index (Phi) is 2.76. The summed E-state index contributed by atoms with van der Waals surface area (Å²) in [6, 6.07) is 9.82. The molecule has 0 atom stereocenters. The van der Waals surface area contributed by atoms with Gasteiger partial charge in [-0.3, -0.25) is 4.98 Å². The van der Waals surface area contributed by atoms with E-state index in [0.717, 1.165) is 28.0 Å². The third kappa shape index (κ3) is 2.08. The van der Waals surface area contributed by atoms with E-state index < -0.39 is 0 Å². The first-order valence-corrected chi connectivity index (χ1v) is 5.97. The maximum absolute atomic E-state index is 6.13. The van der Waals surface area contributed by atoms with Gasteiger partial charge >= 0.3 is 0 Å². The minimum absolute atomic E-state index is 0.714. The molecule has 1 aromatic carbocycles. The van der Waals surface area contributed by atoms with Crippen molar-refractivity contribution in [2.45, 2.75) is 6.92 Å². The van der Waals surface area contributed by atoms with E-state index in [1.165, 1.54) is 0 Å². The average molecular weight is 251 g/mol. The SMILES string of the molecule is Cc1oncc1-c1ccc(-c2cccnc2)c(N)c1. The number of pyridine rings is 1. The number of nitrogen functional groups attached to an aromatic ring is 1. The lowest BCUT2D eigenvalue weighted by atomic mass is 10.00. The summed E-state index contributed by atoms with van der Waals surface area (Å²) in [6.45, 7) is 1.88. The van der Waals surface area contributed by atoms with Gasteiger partial charge < -0.3 is 10.3 Å². The maximum atomic E-state index is 6.13. The van der Waals surface area contributed by atoms with Crippen molar-refractivity contribution in [1.82, 2.24) is 10.1 Å². The Hall–Kier alpha value is -2.62. The molecule has 0 fully saturated rings. The van der Waals surface area contributed by atoms with Gasteiger partial charge in [-0.1, -0.05) is 23.4 Å². The van der Waals surface area contributed by atoms with Crippen molar-refractivity contribution in [3.8, 4) is 22.3 Å². The van der Waals surface area contributed by atoms with E-state index in [1.807, 2.05) is 37.3 Å². The predicted octanol–water partition coefficient (Wildman–Crippen LogP) is 3.29. The van der Waals surface area contributed by atoms with Gasteiger partial charge in [0.25, 0.3) is 0 Å². The Balaban J connectivity index is 2.06. The molecule has 4 nitrogen and oxygen atoms in total. The molecule has 0 aliphatic heterocycles. The number of aromatic nitrogens is 2. The van der Waals surface area contributed by atoms with Gasteiger partial charge in [-0.05, 0) is 24.6 Å². The number of anilines is 1. The van der Waals surface area contributed by atoms with Gasteiger partial charge in [-0.15, -0.1) is 0 Å². The number of aryl methyl sites for hydroxylation is 1. The average Bonchev–Trinajstić information content (AvgIpc) is 2.86. The van der Waals surface area contributed by atoms with Crippen LogP contribution in [0.3, 0.4) is 0 Å². The number of nitrogens with zero attached hydrogens (tertiary/aromatic N) is 2. The zero-order valence-electron chi connectivity index (χ0n) is 10.5. The summed E-state index contributed by atoms with van der Waals surface area (Å²) >= 11 is 0. The van der Waals surface area contributed by atoms with Crippen LogP contribution in [0.15, 0.2) is 53.4 Å². The molecule has 2 N–H and O–H groups in total. The van der Waals surface area contributed by atoms with Crippen molar-refractivity contribution in [2.24, 2.45) is 0 Å². The van der Waals surface area contributed by atoms with Crippen molar-refractivity contribution < 1.29 is 4.52 Å². The fraction of sp³-hybridized carbons (Fsp3) is 0.0667. The summed E-state index contributed by atoms with van der Waals surface area (Å²) in [6.07, 6.45) is 5.25. The van der Waals surface area contributed by atoms with Crippen LogP contribution in [0.1, 0.15) is 5.76 Å². The summed E-state index contributed by atoms with van der Waals surface area (Å²) in [7, 11) is 0. The van der Waals surface area contributed by atoms with Gasteiger partial charge in [-0.2, -0.15) is 0 Å². The molecule has 4 heteroatoms. The van der Waals surface area contributed by atoms with Crippen LogP contribution in [-0.4, -0.2) is 10.1 Å². The molecule has 0 spiro atoms. The van der Waals surface area contributed by atoms with E-state index in [9.17, 15) is 0 Å². The second-order valence-electron chi connectivity index (χ2n) is 4.34. The highest BCUT2D eigenvalue weighted by atomic mass is 16.5. The van der Waals surface area contributed by atoms with Gasteiger partial charge in [0.05, 0.1) is 6.20 Å². The minimum atomic E-state index is 0.714. The zero-order chi connectivity index (χ0) is 13.2. The molecular weight excluding hydrogens is 238 g/mol. The molecule has 94 valence electrons. The Morgan fingerprint density at radius 2 is 1.95 bits per heavy atom. The van der Waals surface area contributed by atoms with Crippen LogP contribution >= 0.6 is 0 Å². The number of hydrogen-bond donors (Lipinski definition) is 1. The van der Waals surface area contributed by atoms with Crippen molar-refractivity contribution in [1.29, 1.82) is 0 Å². The first-order chi connectivity index (χ1) is 9.25. The fourth-order valence-electron chi connectivity index (χ4n) is 2.09. The molecule has 19 heavy (non-hydrogen) atoms. The molecule has 0 aliphatic rings. The first kappa shape index (κ1) is 11.5. The minimum Gasteiger partial charge on any atom is -0.398 e. The molecule has 3 rings (SSSR count). The summed E-state index contributed by atoms with van der Waals surface area (Å²) in [5, 5.41) is 3.78. The van der Waals surface area contributed by atoms with Crippen LogP contribution in [-0.2, 0) is 0 Å². The number of nitrogens with two attached hydrogens (primary N) is 1. The van der Waals surface area contributed by atoms with E-state index in [1.54, 1.807) is 18.6 Å². The molecule has 0 unspecified atom stereocenters. The fourth-order valence-corrected chi connectivity index (χ4v) is 2.09. The van der Waals surface area contributed by atoms with Gasteiger partial charge in [0.15, 0.2) is 0 Å². The Bertz CT molecular complexity index is 704. The van der Waals surface area contributed by atoms with Crippen LogP contribution in [0.25, 0.3) is 22.3 Å². The van der Waals surface area contributed by atoms with Crippen LogP contribution in [0.4, 0.5) is 5.69 Å². The Labute approximate surface area is 110 Å². The zero-order valence-corrected chi connectivity index (χ0v) is 10.5. The van der Waals surface area contributed by atoms with Gasteiger partial charge in [-0.25, -0.2) is 0 Å². The number of hydrogen-bond acceptors (Lipinski definition) is 4. The van der Waals surface area contributed by atoms with Crippen LogP contribution in [0.2, 0.25) is 0 Å². The molecule has 0 aliphatic carbocycles. The maximum Gasteiger partial charge on any atom is 0.141 e. The van der Waals surface area contributed by atoms with Crippen LogP contribution in [0, 0.1) is 6.92 Å². The second-order valence-corrected chi connectivity index (χ2v) is 4.34. The predicted molar refractivity (Wildman–Crippen MR) is 74.3 cm³/mol. The highest BCUT2D eigenvalue weighted by Gasteiger charge is 2.09. The lowest BCUT2D eigenvalue weighted by Crippen LogP contribution is -1.91. The van der Waals surface area contributed by atoms with E-state index in [-0.39, 0.29) is 0 Å². The molecule has 2 aromatic heterocycles. The first-order valence-electron chi connectivity index (χ1n) is 5.97. The van der Waals surface area contributed by atoms with Crippen molar-refractivity contribution in [3.63, 3.8) is 0 Å². The quantitative estimate of drug-likeness (QED) is 0.710. The monoisotopic (exact) mass is 251 g/mol. The lowest BCUT2D eigenvalue weighted by molar-refractivity contribution is 0.398. The van der Waals surface area contributed by atoms with E-state index in [2.05, 4.69) is 10.1 Å². The summed E-state index contributed by atoms with van der Waals surface area (Å²) < 4.78 is 5.07. The highest BCUT2D eigenvalue weighted by Crippen LogP contribution is 2.31. The largest absolute Gasteiger partial charge is 0.398 e. The van der Waals surface area contributed by atoms with Crippen LogP contribution in [0.5, 0.6) is 0 Å². The van der Waals surface area contributed by atoms with Gasteiger partial charge in [0, 0.05) is 34.8 Å². The molecule has 0 radical (unpaired) electrons. The molecule has 3 aromatic rings.